The zero-order valence-electron chi connectivity index (χ0n) is 25.0. The SMILES string of the molecule is CCCCCCCCOc1ccc(-c2cnc(-c3ccc(C(=O)OC(CC(=O)CCCCC)C(F)(F)F)cc3)nc2)cc1. The number of esters is 1. The number of halogens is 3. The third-order valence-corrected chi connectivity index (χ3v) is 7.07. The van der Waals surface area contributed by atoms with Crippen LogP contribution in [-0.4, -0.2) is 40.6 Å². The van der Waals surface area contributed by atoms with Crippen LogP contribution in [0.2, 0.25) is 0 Å². The van der Waals surface area contributed by atoms with Gasteiger partial charge >= 0.3 is 12.1 Å². The minimum absolute atomic E-state index is 0.0322. The number of unbranched alkanes of at least 4 members (excludes halogenated alkanes) is 7. The molecule has 6 nitrogen and oxygen atoms in total. The Kier molecular flexibility index (Phi) is 13.6. The summed E-state index contributed by atoms with van der Waals surface area (Å²) in [5.74, 6) is -0.514. The lowest BCUT2D eigenvalue weighted by Gasteiger charge is -2.20. The third kappa shape index (κ3) is 11.5. The molecule has 0 fully saturated rings. The molecule has 232 valence electrons. The third-order valence-electron chi connectivity index (χ3n) is 7.07. The molecule has 1 unspecified atom stereocenters. The maximum absolute atomic E-state index is 13.5. The van der Waals surface area contributed by atoms with Crippen molar-refractivity contribution in [3.63, 3.8) is 0 Å². The highest BCUT2D eigenvalue weighted by Crippen LogP contribution is 2.28. The van der Waals surface area contributed by atoms with Crippen LogP contribution in [-0.2, 0) is 9.53 Å². The van der Waals surface area contributed by atoms with Crippen molar-refractivity contribution < 1.29 is 32.2 Å². The standard InChI is InChI=1S/C34H41F3N2O4/c1-3-5-7-8-9-11-21-42-30-19-17-25(18-20-30)28-23-38-32(39-24-28)26-13-15-27(16-14-26)33(41)43-31(34(35,36)37)22-29(40)12-10-6-4-2/h13-20,23-24,31H,3-12,21-22H2,1-2H3. The van der Waals surface area contributed by atoms with E-state index in [9.17, 15) is 22.8 Å². The van der Waals surface area contributed by atoms with Gasteiger partial charge in [-0.25, -0.2) is 14.8 Å². The summed E-state index contributed by atoms with van der Waals surface area (Å²) in [5, 5.41) is 0. The topological polar surface area (TPSA) is 78.4 Å². The van der Waals surface area contributed by atoms with E-state index in [4.69, 9.17) is 9.47 Å². The maximum atomic E-state index is 13.5. The first-order valence-electron chi connectivity index (χ1n) is 15.2. The van der Waals surface area contributed by atoms with Crippen LogP contribution >= 0.6 is 0 Å². The summed E-state index contributed by atoms with van der Waals surface area (Å²) >= 11 is 0. The van der Waals surface area contributed by atoms with E-state index in [0.29, 0.717) is 24.4 Å². The summed E-state index contributed by atoms with van der Waals surface area (Å²) < 4.78 is 50.9. The van der Waals surface area contributed by atoms with Gasteiger partial charge in [-0.15, -0.1) is 0 Å². The Morgan fingerprint density at radius 2 is 1.33 bits per heavy atom. The van der Waals surface area contributed by atoms with E-state index in [-0.39, 0.29) is 12.0 Å². The van der Waals surface area contributed by atoms with E-state index in [1.54, 1.807) is 24.5 Å². The fourth-order valence-electron chi connectivity index (χ4n) is 4.50. The van der Waals surface area contributed by atoms with Crippen molar-refractivity contribution >= 4 is 11.8 Å². The molecule has 0 saturated heterocycles. The first-order valence-corrected chi connectivity index (χ1v) is 15.2. The van der Waals surface area contributed by atoms with E-state index < -0.39 is 30.5 Å². The summed E-state index contributed by atoms with van der Waals surface area (Å²) in [5.41, 5.74) is 2.26. The molecule has 0 amide bonds. The molecule has 0 N–H and O–H groups in total. The molecule has 0 aliphatic heterocycles. The van der Waals surface area contributed by atoms with Crippen LogP contribution < -0.4 is 4.74 Å². The van der Waals surface area contributed by atoms with Crippen molar-refractivity contribution in [3.05, 3.63) is 66.5 Å². The van der Waals surface area contributed by atoms with Gasteiger partial charge in [-0.05, 0) is 42.7 Å². The number of alkyl halides is 3. The second-order valence-corrected chi connectivity index (χ2v) is 10.6. The van der Waals surface area contributed by atoms with Gasteiger partial charge in [0.25, 0.3) is 0 Å². The number of carbonyl (C=O) groups is 2. The summed E-state index contributed by atoms with van der Waals surface area (Å²) in [7, 11) is 0. The van der Waals surface area contributed by atoms with Crippen LogP contribution in [0.3, 0.4) is 0 Å². The highest BCUT2D eigenvalue weighted by atomic mass is 19.4. The van der Waals surface area contributed by atoms with Crippen molar-refractivity contribution in [2.45, 2.75) is 96.8 Å². The molecule has 9 heteroatoms. The zero-order valence-corrected chi connectivity index (χ0v) is 25.0. The number of aromatic nitrogens is 2. The molecule has 0 radical (unpaired) electrons. The quantitative estimate of drug-likeness (QED) is 0.107. The van der Waals surface area contributed by atoms with Crippen molar-refractivity contribution in [2.24, 2.45) is 0 Å². The fourth-order valence-corrected chi connectivity index (χ4v) is 4.50. The number of rotatable bonds is 18. The van der Waals surface area contributed by atoms with Crippen LogP contribution in [0, 0.1) is 0 Å². The van der Waals surface area contributed by atoms with E-state index in [2.05, 4.69) is 16.9 Å². The van der Waals surface area contributed by atoms with Gasteiger partial charge < -0.3 is 9.47 Å². The van der Waals surface area contributed by atoms with E-state index >= 15 is 0 Å². The molecule has 2 aromatic carbocycles. The first-order chi connectivity index (χ1) is 20.7. The summed E-state index contributed by atoms with van der Waals surface area (Å²) in [4.78, 5) is 33.3. The molecule has 3 rings (SSSR count). The Bertz CT molecular complexity index is 1260. The van der Waals surface area contributed by atoms with Gasteiger partial charge in [-0.3, -0.25) is 4.79 Å². The molecule has 1 heterocycles. The second kappa shape index (κ2) is 17.4. The highest BCUT2D eigenvalue weighted by Gasteiger charge is 2.44. The molecular weight excluding hydrogens is 557 g/mol. The molecule has 1 atom stereocenters. The number of carbonyl (C=O) groups excluding carboxylic acids is 2. The van der Waals surface area contributed by atoms with Crippen molar-refractivity contribution in [1.29, 1.82) is 0 Å². The molecule has 0 bridgehead atoms. The van der Waals surface area contributed by atoms with Gasteiger partial charge in [0.2, 0.25) is 6.10 Å². The van der Waals surface area contributed by atoms with Crippen molar-refractivity contribution in [1.82, 2.24) is 9.97 Å². The van der Waals surface area contributed by atoms with Gasteiger partial charge in [0.1, 0.15) is 11.5 Å². The lowest BCUT2D eigenvalue weighted by molar-refractivity contribution is -0.206. The van der Waals surface area contributed by atoms with Crippen LogP contribution in [0.1, 0.15) is 94.8 Å². The van der Waals surface area contributed by atoms with Crippen LogP contribution in [0.25, 0.3) is 22.5 Å². The molecule has 1 aromatic heterocycles. The number of Topliss-reactive ketones (excluding diaryl/α,β-unsaturated/α-hetero) is 1. The van der Waals surface area contributed by atoms with Crippen LogP contribution in [0.4, 0.5) is 13.2 Å². The average Bonchev–Trinajstić information content (AvgIpc) is 3.00. The number of hydrogen-bond donors (Lipinski definition) is 0. The summed E-state index contributed by atoms with van der Waals surface area (Å²) in [6.07, 6.45) is 4.57. The molecule has 0 spiro atoms. The van der Waals surface area contributed by atoms with Crippen molar-refractivity contribution in [2.75, 3.05) is 6.61 Å². The molecule has 0 aliphatic rings. The number of ketones is 1. The normalized spacial score (nSPS) is 12.1. The van der Waals surface area contributed by atoms with Crippen LogP contribution in [0.5, 0.6) is 5.75 Å². The number of hydrogen-bond acceptors (Lipinski definition) is 6. The Balaban J connectivity index is 1.54. The molecular formula is C34H41F3N2O4. The fraction of sp³-hybridized carbons (Fsp3) is 0.471. The van der Waals surface area contributed by atoms with Gasteiger partial charge in [-0.2, -0.15) is 13.2 Å². The Morgan fingerprint density at radius 1 is 0.744 bits per heavy atom. The lowest BCUT2D eigenvalue weighted by atomic mass is 10.1. The van der Waals surface area contributed by atoms with Gasteiger partial charge in [0.05, 0.1) is 18.6 Å². The lowest BCUT2D eigenvalue weighted by Crippen LogP contribution is -2.35. The minimum Gasteiger partial charge on any atom is -0.494 e. The van der Waals surface area contributed by atoms with E-state index in [1.807, 2.05) is 31.2 Å². The predicted octanol–water partition coefficient (Wildman–Crippen LogP) is 9.18. The monoisotopic (exact) mass is 598 g/mol. The number of ether oxygens (including phenoxy) is 2. The largest absolute Gasteiger partial charge is 0.494 e. The van der Waals surface area contributed by atoms with Gasteiger partial charge in [0.15, 0.2) is 5.82 Å². The Labute approximate surface area is 252 Å². The Morgan fingerprint density at radius 3 is 1.95 bits per heavy atom. The zero-order chi connectivity index (χ0) is 31.1. The minimum atomic E-state index is -4.84. The molecule has 0 saturated carbocycles. The van der Waals surface area contributed by atoms with Crippen LogP contribution in [0.15, 0.2) is 60.9 Å². The Hall–Kier alpha value is -3.75. The summed E-state index contributed by atoms with van der Waals surface area (Å²) in [6.45, 7) is 4.84. The molecule has 0 aliphatic carbocycles. The maximum Gasteiger partial charge on any atom is 0.425 e. The first kappa shape index (κ1) is 33.7. The van der Waals surface area contributed by atoms with Gasteiger partial charge in [0, 0.05) is 29.9 Å². The van der Waals surface area contributed by atoms with E-state index in [0.717, 1.165) is 36.1 Å². The number of nitrogens with zero attached hydrogens (tertiary/aromatic N) is 2. The molecule has 43 heavy (non-hydrogen) atoms. The predicted molar refractivity (Wildman–Crippen MR) is 161 cm³/mol. The smallest absolute Gasteiger partial charge is 0.425 e. The van der Waals surface area contributed by atoms with Gasteiger partial charge in [-0.1, -0.05) is 83.1 Å². The van der Waals surface area contributed by atoms with Crippen molar-refractivity contribution in [3.8, 4) is 28.3 Å². The second-order valence-electron chi connectivity index (χ2n) is 10.6. The average molecular weight is 599 g/mol. The molecule has 3 aromatic rings. The highest BCUT2D eigenvalue weighted by molar-refractivity contribution is 5.90. The van der Waals surface area contributed by atoms with E-state index in [1.165, 1.54) is 44.2 Å². The summed E-state index contributed by atoms with van der Waals surface area (Å²) in [6, 6.07) is 13.5. The number of benzene rings is 2.